The Morgan fingerprint density at radius 1 is 1.06 bits per heavy atom. The number of halogens is 2. The first-order valence-electron chi connectivity index (χ1n) is 11.0. The molecule has 1 aromatic carbocycles. The highest BCUT2D eigenvalue weighted by Gasteiger charge is 2.50. The van der Waals surface area contributed by atoms with E-state index in [0.29, 0.717) is 10.5 Å². The molecule has 0 bridgehead atoms. The monoisotopic (exact) mass is 464 g/mol. The number of aryl methyl sites for hydroxylation is 1. The quantitative estimate of drug-likeness (QED) is 0.298. The van der Waals surface area contributed by atoms with Gasteiger partial charge in [0.1, 0.15) is 35.2 Å². The maximum atomic E-state index is 14.2. The van der Waals surface area contributed by atoms with Gasteiger partial charge in [0.15, 0.2) is 5.79 Å². The average molecular weight is 465 g/mol. The second kappa shape index (κ2) is 7.58. The highest BCUT2D eigenvalue weighted by molar-refractivity contribution is 6.33. The second-order valence-electron chi connectivity index (χ2n) is 9.01. The van der Waals surface area contributed by atoms with E-state index >= 15 is 0 Å². The van der Waals surface area contributed by atoms with E-state index in [2.05, 4.69) is 25.6 Å². The van der Waals surface area contributed by atoms with Crippen molar-refractivity contribution in [3.8, 4) is 0 Å². The van der Waals surface area contributed by atoms with E-state index in [1.807, 2.05) is 32.2 Å². The van der Waals surface area contributed by atoms with E-state index in [4.69, 9.17) is 21.1 Å². The largest absolute Gasteiger partial charge is 0.342 e. The van der Waals surface area contributed by atoms with Crippen molar-refractivity contribution in [2.75, 3.05) is 0 Å². The minimum atomic E-state index is -0.685. The summed E-state index contributed by atoms with van der Waals surface area (Å²) in [5.74, 6) is -0.916. The molecule has 8 heteroatoms. The fraction of sp³-hybridized carbons (Fsp3) is 0.320. The first-order valence-corrected chi connectivity index (χ1v) is 11.3. The number of nitrogens with zero attached hydrogens (tertiary/aromatic N) is 4. The van der Waals surface area contributed by atoms with E-state index in [9.17, 15) is 4.39 Å². The molecule has 1 aliphatic heterocycles. The zero-order valence-corrected chi connectivity index (χ0v) is 19.0. The molecular weight excluding hydrogens is 443 g/mol. The van der Waals surface area contributed by atoms with Gasteiger partial charge in [-0.3, -0.25) is 4.98 Å². The minimum Gasteiger partial charge on any atom is -0.342 e. The van der Waals surface area contributed by atoms with E-state index in [0.717, 1.165) is 34.8 Å². The molecule has 2 aliphatic rings. The van der Waals surface area contributed by atoms with Gasteiger partial charge in [0.2, 0.25) is 0 Å². The molecule has 33 heavy (non-hydrogen) atoms. The normalized spacial score (nSPS) is 23.9. The zero-order valence-electron chi connectivity index (χ0n) is 18.2. The maximum Gasteiger partial charge on any atom is 0.164 e. The Morgan fingerprint density at radius 3 is 2.82 bits per heavy atom. The lowest BCUT2D eigenvalue weighted by atomic mass is 9.98. The molecule has 4 heterocycles. The van der Waals surface area contributed by atoms with Crippen LogP contribution < -0.4 is 0 Å². The molecule has 6 rings (SSSR count). The first-order chi connectivity index (χ1) is 15.9. The van der Waals surface area contributed by atoms with Gasteiger partial charge in [-0.1, -0.05) is 23.7 Å². The fourth-order valence-corrected chi connectivity index (χ4v) is 5.28. The topological polar surface area (TPSA) is 62.1 Å². The predicted octanol–water partition coefficient (Wildman–Crippen LogP) is 5.41. The Balaban J connectivity index is 1.35. The molecule has 0 amide bonds. The van der Waals surface area contributed by atoms with Crippen molar-refractivity contribution in [2.45, 2.75) is 50.7 Å². The number of rotatable bonds is 4. The molecule has 1 fully saturated rings. The van der Waals surface area contributed by atoms with Crippen LogP contribution in [0, 0.1) is 5.82 Å². The van der Waals surface area contributed by atoms with Crippen molar-refractivity contribution >= 4 is 33.4 Å². The number of ether oxygens (including phenoxy) is 2. The molecule has 3 aromatic heterocycles. The van der Waals surface area contributed by atoms with E-state index < -0.39 is 5.79 Å². The summed E-state index contributed by atoms with van der Waals surface area (Å²) in [6.07, 6.45) is 10.2. The number of hydrogen-bond donors (Lipinski definition) is 0. The van der Waals surface area contributed by atoms with Gasteiger partial charge in [-0.05, 0) is 56.0 Å². The summed E-state index contributed by atoms with van der Waals surface area (Å²) in [6.45, 7) is 3.87. The molecule has 0 saturated carbocycles. The summed E-state index contributed by atoms with van der Waals surface area (Å²) in [4.78, 5) is 12.7. The Hall–Kier alpha value is -2.87. The van der Waals surface area contributed by atoms with Crippen LogP contribution in [0.2, 0.25) is 5.15 Å². The molecule has 0 radical (unpaired) electrons. The summed E-state index contributed by atoms with van der Waals surface area (Å²) in [5.41, 5.74) is 2.99. The van der Waals surface area contributed by atoms with E-state index in [1.165, 1.54) is 18.0 Å². The number of hydrogen-bond acceptors (Lipinski definition) is 5. The summed E-state index contributed by atoms with van der Waals surface area (Å²) < 4.78 is 28.9. The van der Waals surface area contributed by atoms with Gasteiger partial charge in [-0.25, -0.2) is 14.4 Å². The lowest BCUT2D eigenvalue weighted by molar-refractivity contribution is -0.147. The van der Waals surface area contributed by atoms with Gasteiger partial charge in [-0.2, -0.15) is 0 Å². The number of aromatic nitrogens is 4. The zero-order chi connectivity index (χ0) is 22.7. The van der Waals surface area contributed by atoms with Crippen molar-refractivity contribution in [1.29, 1.82) is 0 Å². The van der Waals surface area contributed by atoms with Crippen molar-refractivity contribution in [3.05, 3.63) is 77.4 Å². The lowest BCUT2D eigenvalue weighted by Crippen LogP contribution is -2.27. The molecule has 4 aromatic rings. The van der Waals surface area contributed by atoms with Crippen LogP contribution in [0.15, 0.2) is 60.8 Å². The van der Waals surface area contributed by atoms with Gasteiger partial charge in [0.25, 0.3) is 0 Å². The molecular formula is C25H22ClFN4O2. The SMILES string of the molecule is CC1(C)O[C@@H]2[C@H](O1)C(CCc1ccc(F)c3ccncc13)=C[C@H]2n1ccc2c(Cl)ncnc21. The van der Waals surface area contributed by atoms with Crippen LogP contribution in [-0.4, -0.2) is 37.5 Å². The van der Waals surface area contributed by atoms with Crippen LogP contribution in [0.1, 0.15) is 31.9 Å². The summed E-state index contributed by atoms with van der Waals surface area (Å²) >= 11 is 6.27. The lowest BCUT2D eigenvalue weighted by Gasteiger charge is -2.22. The third kappa shape index (κ3) is 3.42. The summed E-state index contributed by atoms with van der Waals surface area (Å²) in [7, 11) is 0. The van der Waals surface area contributed by atoms with Crippen molar-refractivity contribution in [2.24, 2.45) is 0 Å². The predicted molar refractivity (Wildman–Crippen MR) is 124 cm³/mol. The standard InChI is InChI=1S/C25H22ClFN4O2/c1-25(2)32-21-15(4-3-14-5-6-19(27)16-7-9-28-12-18(14)16)11-20(22(21)33-25)31-10-8-17-23(26)29-13-30-24(17)31/h5-13,20-22H,3-4H2,1-2H3/t20-,21-,22+/m1/s1. The van der Waals surface area contributed by atoms with Crippen LogP contribution in [0.3, 0.4) is 0 Å². The van der Waals surface area contributed by atoms with Crippen molar-refractivity contribution in [3.63, 3.8) is 0 Å². The van der Waals surface area contributed by atoms with Gasteiger partial charge in [0, 0.05) is 29.4 Å². The highest BCUT2D eigenvalue weighted by Crippen LogP contribution is 2.45. The Morgan fingerprint density at radius 2 is 1.94 bits per heavy atom. The van der Waals surface area contributed by atoms with Crippen molar-refractivity contribution in [1.82, 2.24) is 19.5 Å². The third-order valence-electron chi connectivity index (χ3n) is 6.54. The maximum absolute atomic E-state index is 14.2. The van der Waals surface area contributed by atoms with Crippen LogP contribution in [0.5, 0.6) is 0 Å². The summed E-state index contributed by atoms with van der Waals surface area (Å²) in [6, 6.07) is 6.94. The second-order valence-corrected chi connectivity index (χ2v) is 9.36. The molecule has 3 atom stereocenters. The van der Waals surface area contributed by atoms with E-state index in [1.54, 1.807) is 18.5 Å². The minimum absolute atomic E-state index is 0.0816. The summed E-state index contributed by atoms with van der Waals surface area (Å²) in [5, 5.41) is 2.67. The molecule has 1 saturated heterocycles. The highest BCUT2D eigenvalue weighted by atomic mass is 35.5. The molecule has 6 nitrogen and oxygen atoms in total. The fourth-order valence-electron chi connectivity index (χ4n) is 5.09. The number of pyridine rings is 1. The molecule has 0 N–H and O–H groups in total. The molecule has 1 aliphatic carbocycles. The number of fused-ring (bicyclic) bond motifs is 3. The Kier molecular flexibility index (Phi) is 4.76. The van der Waals surface area contributed by atoms with Gasteiger partial charge in [0.05, 0.1) is 11.4 Å². The molecule has 168 valence electrons. The molecule has 0 spiro atoms. The van der Waals surface area contributed by atoms with Crippen LogP contribution in [-0.2, 0) is 15.9 Å². The van der Waals surface area contributed by atoms with Gasteiger partial charge in [-0.15, -0.1) is 0 Å². The molecule has 0 unspecified atom stereocenters. The Bertz CT molecular complexity index is 1420. The Labute approximate surface area is 195 Å². The van der Waals surface area contributed by atoms with Crippen LogP contribution in [0.25, 0.3) is 21.8 Å². The first kappa shape index (κ1) is 20.7. The smallest absolute Gasteiger partial charge is 0.164 e. The number of benzene rings is 1. The van der Waals surface area contributed by atoms with Crippen LogP contribution >= 0.6 is 11.6 Å². The van der Waals surface area contributed by atoms with Gasteiger partial charge < -0.3 is 14.0 Å². The van der Waals surface area contributed by atoms with Crippen LogP contribution in [0.4, 0.5) is 4.39 Å². The average Bonchev–Trinajstić information content (AvgIpc) is 3.45. The van der Waals surface area contributed by atoms with E-state index in [-0.39, 0.29) is 24.1 Å². The van der Waals surface area contributed by atoms with Gasteiger partial charge >= 0.3 is 0 Å². The van der Waals surface area contributed by atoms with Crippen molar-refractivity contribution < 1.29 is 13.9 Å². The third-order valence-corrected chi connectivity index (χ3v) is 6.84.